The van der Waals surface area contributed by atoms with Crippen molar-refractivity contribution in [1.29, 1.82) is 0 Å². The molecule has 0 saturated carbocycles. The van der Waals surface area contributed by atoms with Gasteiger partial charge >= 0.3 is 6.09 Å². The molecule has 0 aliphatic carbocycles. The highest BCUT2D eigenvalue weighted by Gasteiger charge is 2.28. The molecule has 174 valence electrons. The van der Waals surface area contributed by atoms with E-state index in [0.717, 1.165) is 0 Å². The fourth-order valence-electron chi connectivity index (χ4n) is 3.85. The second-order valence-electron chi connectivity index (χ2n) is 8.75. The largest absolute Gasteiger partial charge is 0.496 e. The van der Waals surface area contributed by atoms with Crippen LogP contribution in [0.4, 0.5) is 13.6 Å². The first-order chi connectivity index (χ1) is 15.6. The van der Waals surface area contributed by atoms with Gasteiger partial charge in [-0.25, -0.2) is 18.6 Å². The molecule has 0 fully saturated rings. The summed E-state index contributed by atoms with van der Waals surface area (Å²) in [5, 5.41) is 0.0511. The van der Waals surface area contributed by atoms with Crippen molar-refractivity contribution in [2.75, 3.05) is 13.7 Å². The van der Waals surface area contributed by atoms with Crippen molar-refractivity contribution < 1.29 is 23.0 Å². The molecule has 33 heavy (non-hydrogen) atoms. The van der Waals surface area contributed by atoms with Crippen molar-refractivity contribution in [2.24, 2.45) is 0 Å². The van der Waals surface area contributed by atoms with Gasteiger partial charge in [0.1, 0.15) is 28.8 Å². The number of benzene rings is 2. The Morgan fingerprint density at radius 1 is 1.12 bits per heavy atom. The summed E-state index contributed by atoms with van der Waals surface area (Å²) >= 11 is 6.44. The van der Waals surface area contributed by atoms with Crippen LogP contribution in [0, 0.1) is 11.6 Å². The van der Waals surface area contributed by atoms with Crippen LogP contribution in [0.15, 0.2) is 36.5 Å². The quantitative estimate of drug-likeness (QED) is 0.472. The number of halogens is 3. The topological polar surface area (TPSA) is 56.6 Å². The molecule has 0 unspecified atom stereocenters. The van der Waals surface area contributed by atoms with E-state index in [1.54, 1.807) is 23.2 Å². The van der Waals surface area contributed by atoms with Crippen LogP contribution in [-0.2, 0) is 17.8 Å². The molecule has 1 amide bonds. The Balaban J connectivity index is 1.66. The highest BCUT2D eigenvalue weighted by Crippen LogP contribution is 2.41. The fraction of sp³-hybridized carbons (Fsp3) is 0.333. The average Bonchev–Trinajstić information content (AvgIpc) is 3.16. The van der Waals surface area contributed by atoms with Crippen LogP contribution in [0.25, 0.3) is 22.4 Å². The predicted molar refractivity (Wildman–Crippen MR) is 121 cm³/mol. The minimum Gasteiger partial charge on any atom is -0.496 e. The van der Waals surface area contributed by atoms with Crippen LogP contribution in [0.1, 0.15) is 26.6 Å². The van der Waals surface area contributed by atoms with E-state index in [4.69, 9.17) is 21.1 Å². The maximum absolute atomic E-state index is 15.2. The zero-order chi connectivity index (χ0) is 23.9. The number of hydrogen-bond donors (Lipinski definition) is 0. The van der Waals surface area contributed by atoms with Gasteiger partial charge in [0.15, 0.2) is 0 Å². The molecule has 3 aromatic rings. The van der Waals surface area contributed by atoms with Gasteiger partial charge in [0, 0.05) is 24.2 Å². The molecule has 0 spiro atoms. The van der Waals surface area contributed by atoms with Crippen molar-refractivity contribution in [3.63, 3.8) is 0 Å². The normalized spacial score (nSPS) is 13.6. The maximum atomic E-state index is 15.2. The summed E-state index contributed by atoms with van der Waals surface area (Å²) in [6, 6.07) is 7.14. The molecule has 6 nitrogen and oxygen atoms in total. The Bertz CT molecular complexity index is 1200. The van der Waals surface area contributed by atoms with Crippen molar-refractivity contribution in [3.8, 4) is 28.1 Å². The summed E-state index contributed by atoms with van der Waals surface area (Å²) in [7, 11) is 1.39. The number of hydrogen-bond acceptors (Lipinski definition) is 4. The third-order valence-corrected chi connectivity index (χ3v) is 5.60. The van der Waals surface area contributed by atoms with Crippen molar-refractivity contribution in [2.45, 2.75) is 39.5 Å². The number of amides is 1. The zero-order valence-corrected chi connectivity index (χ0v) is 19.5. The molecular formula is C24H24ClF2N3O3. The molecule has 0 bridgehead atoms. The number of methoxy groups -OCH3 is 1. The lowest BCUT2D eigenvalue weighted by atomic mass is 10.00. The first-order valence-electron chi connectivity index (χ1n) is 10.4. The highest BCUT2D eigenvalue weighted by molar-refractivity contribution is 6.33. The molecule has 1 aliphatic rings. The van der Waals surface area contributed by atoms with Gasteiger partial charge in [-0.05, 0) is 45.0 Å². The van der Waals surface area contributed by atoms with Crippen LogP contribution >= 0.6 is 11.6 Å². The lowest BCUT2D eigenvalue weighted by molar-refractivity contribution is 0.0196. The van der Waals surface area contributed by atoms with Gasteiger partial charge in [0.25, 0.3) is 0 Å². The SMILES string of the molecule is COc1cccc(F)c1-c1c(F)cc(-c2cnc3n2CCN(C(=O)OC(C)(C)C)C3)cc1Cl. The van der Waals surface area contributed by atoms with E-state index in [1.165, 1.54) is 25.3 Å². The average molecular weight is 476 g/mol. The van der Waals surface area contributed by atoms with E-state index in [-0.39, 0.29) is 28.4 Å². The smallest absolute Gasteiger partial charge is 0.410 e. The maximum Gasteiger partial charge on any atom is 0.410 e. The molecular weight excluding hydrogens is 452 g/mol. The molecule has 0 radical (unpaired) electrons. The van der Waals surface area contributed by atoms with Crippen LogP contribution in [-0.4, -0.2) is 39.8 Å². The second kappa shape index (κ2) is 8.67. The van der Waals surface area contributed by atoms with Crippen LogP contribution in [0.3, 0.4) is 0 Å². The van der Waals surface area contributed by atoms with E-state index in [0.29, 0.717) is 30.2 Å². The summed E-state index contributed by atoms with van der Waals surface area (Å²) in [6.45, 7) is 6.60. The number of ether oxygens (including phenoxy) is 2. The van der Waals surface area contributed by atoms with Crippen molar-refractivity contribution >= 4 is 17.7 Å². The minimum absolute atomic E-state index is 0.0302. The van der Waals surface area contributed by atoms with E-state index in [9.17, 15) is 9.18 Å². The number of fused-ring (bicyclic) bond motifs is 1. The molecule has 0 atom stereocenters. The standard InChI is InChI=1S/C24H24ClF2N3O3/c1-24(2,3)33-23(31)29-8-9-30-18(12-28-20(30)13-29)14-10-15(25)21(17(27)11-14)22-16(26)6-5-7-19(22)32-4/h5-7,10-12H,8-9,13H2,1-4H3. The number of rotatable bonds is 3. The summed E-state index contributed by atoms with van der Waals surface area (Å²) in [5.41, 5.74) is 0.469. The Morgan fingerprint density at radius 2 is 1.88 bits per heavy atom. The number of imidazole rings is 1. The van der Waals surface area contributed by atoms with Gasteiger partial charge in [-0.2, -0.15) is 0 Å². The number of carbonyl (C=O) groups is 1. The lowest BCUT2D eigenvalue weighted by Crippen LogP contribution is -2.41. The molecule has 0 saturated heterocycles. The zero-order valence-electron chi connectivity index (χ0n) is 18.8. The first-order valence-corrected chi connectivity index (χ1v) is 10.8. The van der Waals surface area contributed by atoms with Gasteiger partial charge in [0.05, 0.1) is 36.1 Å². The number of nitrogens with zero attached hydrogens (tertiary/aromatic N) is 3. The van der Waals surface area contributed by atoms with Gasteiger partial charge in [-0.15, -0.1) is 0 Å². The molecule has 0 N–H and O–H groups in total. The van der Waals surface area contributed by atoms with Crippen molar-refractivity contribution in [1.82, 2.24) is 14.5 Å². The number of carbonyl (C=O) groups excluding carboxylic acids is 1. The summed E-state index contributed by atoms with van der Waals surface area (Å²) < 4.78 is 42.3. The minimum atomic E-state index is -0.678. The van der Waals surface area contributed by atoms with Gasteiger partial charge in [-0.3, -0.25) is 4.90 Å². The molecule has 2 aromatic carbocycles. The Labute approximate surface area is 195 Å². The van der Waals surface area contributed by atoms with E-state index in [1.807, 2.05) is 25.3 Å². The third-order valence-electron chi connectivity index (χ3n) is 5.30. The second-order valence-corrected chi connectivity index (χ2v) is 9.15. The predicted octanol–water partition coefficient (Wildman–Crippen LogP) is 5.91. The third kappa shape index (κ3) is 4.53. The van der Waals surface area contributed by atoms with Crippen LogP contribution in [0.5, 0.6) is 5.75 Å². The van der Waals surface area contributed by atoms with Gasteiger partial charge in [-0.1, -0.05) is 17.7 Å². The van der Waals surface area contributed by atoms with Crippen molar-refractivity contribution in [3.05, 3.63) is 59.0 Å². The first kappa shape index (κ1) is 23.0. The Hall–Kier alpha value is -3.13. The van der Waals surface area contributed by atoms with E-state index >= 15 is 4.39 Å². The Morgan fingerprint density at radius 3 is 2.55 bits per heavy atom. The summed E-state index contributed by atoms with van der Waals surface area (Å²) in [6.07, 6.45) is 1.21. The summed E-state index contributed by atoms with van der Waals surface area (Å²) in [4.78, 5) is 18.4. The number of aromatic nitrogens is 2. The summed E-state index contributed by atoms with van der Waals surface area (Å²) in [5.74, 6) is -0.472. The van der Waals surface area contributed by atoms with Crippen LogP contribution < -0.4 is 4.74 Å². The van der Waals surface area contributed by atoms with Gasteiger partial charge < -0.3 is 14.0 Å². The molecule has 9 heteroatoms. The van der Waals surface area contributed by atoms with E-state index in [2.05, 4.69) is 4.98 Å². The molecule has 4 rings (SSSR count). The molecule has 1 aliphatic heterocycles. The van der Waals surface area contributed by atoms with Gasteiger partial charge in [0.2, 0.25) is 0 Å². The van der Waals surface area contributed by atoms with E-state index < -0.39 is 23.3 Å². The Kier molecular flexibility index (Phi) is 6.05. The van der Waals surface area contributed by atoms with Crippen LogP contribution in [0.2, 0.25) is 5.02 Å². The molecule has 2 heterocycles. The fourth-order valence-corrected chi connectivity index (χ4v) is 4.15. The highest BCUT2D eigenvalue weighted by atomic mass is 35.5. The molecule has 1 aromatic heterocycles. The lowest BCUT2D eigenvalue weighted by Gasteiger charge is -2.31. The monoisotopic (exact) mass is 475 g/mol.